The number of amides is 2. The largest absolute Gasteiger partial charge is 0.494 e. The zero-order chi connectivity index (χ0) is 26.6. The molecule has 190 valence electrons. The normalized spacial score (nSPS) is 14.0. The van der Waals surface area contributed by atoms with Crippen LogP contribution >= 0.6 is 11.3 Å². The fourth-order valence-electron chi connectivity index (χ4n) is 4.31. The molecule has 2 aliphatic rings. The van der Waals surface area contributed by atoms with E-state index in [4.69, 9.17) is 4.74 Å². The number of rotatable bonds is 5. The van der Waals surface area contributed by atoms with Gasteiger partial charge in [0.2, 0.25) is 5.91 Å². The maximum absolute atomic E-state index is 12.3. The minimum atomic E-state index is -0.426. The maximum Gasteiger partial charge on any atom is 0.336 e. The smallest absolute Gasteiger partial charge is 0.336 e. The van der Waals surface area contributed by atoms with Gasteiger partial charge in [-0.15, -0.1) is 11.3 Å². The predicted octanol–water partition coefficient (Wildman–Crippen LogP) is 4.92. The zero-order valence-electron chi connectivity index (χ0n) is 20.4. The van der Waals surface area contributed by atoms with Crippen LogP contribution in [0.4, 0.5) is 0 Å². The van der Waals surface area contributed by atoms with Crippen LogP contribution in [-0.4, -0.2) is 40.2 Å². The number of ether oxygens (including phenoxy) is 1. The van der Waals surface area contributed by atoms with Crippen LogP contribution in [-0.2, 0) is 14.3 Å². The van der Waals surface area contributed by atoms with Crippen LogP contribution in [0.25, 0.3) is 16.3 Å². The molecule has 0 saturated carbocycles. The second-order valence-corrected chi connectivity index (χ2v) is 9.32. The van der Waals surface area contributed by atoms with Crippen molar-refractivity contribution in [3.8, 4) is 16.5 Å². The van der Waals surface area contributed by atoms with Crippen molar-refractivity contribution < 1.29 is 24.2 Å². The number of nitrogens with one attached hydrogen (secondary N) is 2. The van der Waals surface area contributed by atoms with Gasteiger partial charge in [-0.1, -0.05) is 66.7 Å². The number of aromatic hydroxyl groups is 1. The quantitative estimate of drug-likeness (QED) is 0.320. The Morgan fingerprint density at radius 1 is 0.974 bits per heavy atom. The molecule has 6 rings (SSSR count). The lowest BCUT2D eigenvalue weighted by atomic mass is 10.0. The van der Waals surface area contributed by atoms with Crippen molar-refractivity contribution in [1.29, 1.82) is 0 Å². The maximum atomic E-state index is 12.3. The molecular weight excluding hydrogens is 502 g/mol. The Balaban J connectivity index is 0.000000159. The molecule has 2 aliphatic heterocycles. The van der Waals surface area contributed by atoms with Gasteiger partial charge < -0.3 is 20.1 Å². The number of carbonyl (C=O) groups excluding carboxylic acids is 3. The van der Waals surface area contributed by atoms with E-state index in [2.05, 4.69) is 15.3 Å². The van der Waals surface area contributed by atoms with E-state index in [-0.39, 0.29) is 24.1 Å². The van der Waals surface area contributed by atoms with Crippen molar-refractivity contribution in [2.45, 2.75) is 13.3 Å². The van der Waals surface area contributed by atoms with E-state index >= 15 is 0 Å². The van der Waals surface area contributed by atoms with Gasteiger partial charge >= 0.3 is 5.97 Å². The van der Waals surface area contributed by atoms with Crippen LogP contribution < -0.4 is 5.32 Å². The second-order valence-electron chi connectivity index (χ2n) is 8.37. The average molecular weight is 526 g/mol. The SMILES string of the molecule is CCOC(=O)C1=C(c2ccccc2)NC(=O)C1.O=C1N=C(c2ccccc2)c2c(O)[nH]c(-c3cccs3)c21. The molecule has 2 amide bonds. The number of hydrogen-bond acceptors (Lipinski definition) is 6. The van der Waals surface area contributed by atoms with Gasteiger partial charge in [0.15, 0.2) is 5.88 Å². The highest BCUT2D eigenvalue weighted by molar-refractivity contribution is 7.13. The van der Waals surface area contributed by atoms with Crippen molar-refractivity contribution in [1.82, 2.24) is 10.3 Å². The summed E-state index contributed by atoms with van der Waals surface area (Å²) in [6, 6.07) is 22.5. The summed E-state index contributed by atoms with van der Waals surface area (Å²) in [5, 5.41) is 14.8. The highest BCUT2D eigenvalue weighted by atomic mass is 32.1. The minimum Gasteiger partial charge on any atom is -0.494 e. The van der Waals surface area contributed by atoms with E-state index in [1.54, 1.807) is 6.92 Å². The molecule has 0 spiro atoms. The number of esters is 1. The summed E-state index contributed by atoms with van der Waals surface area (Å²) < 4.78 is 4.94. The summed E-state index contributed by atoms with van der Waals surface area (Å²) in [6.45, 7) is 2.05. The molecule has 0 fully saturated rings. The van der Waals surface area contributed by atoms with E-state index in [9.17, 15) is 19.5 Å². The number of hydrogen-bond donors (Lipinski definition) is 3. The molecule has 38 heavy (non-hydrogen) atoms. The molecule has 0 radical (unpaired) electrons. The van der Waals surface area contributed by atoms with E-state index < -0.39 is 5.97 Å². The monoisotopic (exact) mass is 525 g/mol. The molecule has 4 heterocycles. The summed E-state index contributed by atoms with van der Waals surface area (Å²) in [7, 11) is 0. The lowest BCUT2D eigenvalue weighted by Crippen LogP contribution is -2.13. The van der Waals surface area contributed by atoms with Crippen LogP contribution in [0.3, 0.4) is 0 Å². The van der Waals surface area contributed by atoms with Gasteiger partial charge in [0.25, 0.3) is 5.91 Å². The van der Waals surface area contributed by atoms with Gasteiger partial charge in [-0.05, 0) is 23.9 Å². The molecule has 0 saturated heterocycles. The van der Waals surface area contributed by atoms with Crippen molar-refractivity contribution in [2.24, 2.45) is 4.99 Å². The lowest BCUT2D eigenvalue weighted by molar-refractivity contribution is -0.139. The Labute approximate surface area is 222 Å². The molecule has 4 aromatic rings. The number of nitrogens with zero attached hydrogens (tertiary/aromatic N) is 1. The van der Waals surface area contributed by atoms with Crippen molar-refractivity contribution in [2.75, 3.05) is 6.61 Å². The van der Waals surface area contributed by atoms with Gasteiger partial charge in [0.05, 0.1) is 51.7 Å². The third-order valence-electron chi connectivity index (χ3n) is 5.95. The number of aromatic nitrogens is 1. The summed E-state index contributed by atoms with van der Waals surface area (Å²) in [4.78, 5) is 43.3. The van der Waals surface area contributed by atoms with Crippen molar-refractivity contribution in [3.05, 3.63) is 106 Å². The third kappa shape index (κ3) is 4.79. The van der Waals surface area contributed by atoms with Gasteiger partial charge in [-0.3, -0.25) is 9.59 Å². The summed E-state index contributed by atoms with van der Waals surface area (Å²) >= 11 is 1.51. The standard InChI is InChI=1S/C16H10N2O2S.C13H13NO3/c19-15-11-12(14(18-15)10-7-4-8-21-10)16(20)17-13(11)9-5-2-1-3-6-9;1-2-17-13(16)10-8-11(15)14-12(10)9-6-4-3-5-7-9/h1-8,18-19H;3-7H,2,8H2,1H3,(H,14,15). The third-order valence-corrected chi connectivity index (χ3v) is 6.83. The Hall–Kier alpha value is -4.76. The Morgan fingerprint density at radius 3 is 2.29 bits per heavy atom. The average Bonchev–Trinajstić information content (AvgIpc) is 3.72. The van der Waals surface area contributed by atoms with Crippen LogP contribution in [0.5, 0.6) is 5.88 Å². The number of thiophene rings is 1. The Morgan fingerprint density at radius 2 is 1.66 bits per heavy atom. The van der Waals surface area contributed by atoms with Crippen LogP contribution in [0, 0.1) is 0 Å². The van der Waals surface area contributed by atoms with Crippen molar-refractivity contribution in [3.63, 3.8) is 0 Å². The molecule has 2 aromatic heterocycles. The zero-order valence-corrected chi connectivity index (χ0v) is 21.2. The first-order chi connectivity index (χ1) is 18.5. The summed E-state index contributed by atoms with van der Waals surface area (Å²) in [5.74, 6) is -0.928. The fraction of sp³-hybridized carbons (Fsp3) is 0.103. The lowest BCUT2D eigenvalue weighted by Gasteiger charge is -2.06. The summed E-state index contributed by atoms with van der Waals surface area (Å²) in [6.07, 6.45) is 0.0864. The van der Waals surface area contributed by atoms with E-state index in [0.29, 0.717) is 40.4 Å². The first-order valence-corrected chi connectivity index (χ1v) is 12.8. The van der Waals surface area contributed by atoms with Gasteiger partial charge in [0.1, 0.15) is 0 Å². The predicted molar refractivity (Wildman–Crippen MR) is 145 cm³/mol. The Kier molecular flexibility index (Phi) is 7.01. The summed E-state index contributed by atoms with van der Waals surface area (Å²) in [5.41, 5.74) is 4.71. The minimum absolute atomic E-state index is 0.0122. The number of aliphatic imine (C=N–C) groups is 1. The molecular formula is C29H23N3O5S. The van der Waals surface area contributed by atoms with Crippen LogP contribution in [0.2, 0.25) is 0 Å². The molecule has 0 unspecified atom stereocenters. The molecule has 8 nitrogen and oxygen atoms in total. The molecule has 0 aliphatic carbocycles. The Bertz CT molecular complexity index is 1570. The number of carbonyl (C=O) groups is 3. The topological polar surface area (TPSA) is 121 Å². The molecule has 0 atom stereocenters. The molecule has 2 aromatic carbocycles. The van der Waals surface area contributed by atoms with Crippen molar-refractivity contribution >= 4 is 40.5 Å². The van der Waals surface area contributed by atoms with Gasteiger partial charge in [0, 0.05) is 5.56 Å². The van der Waals surface area contributed by atoms with Gasteiger partial charge in [-0.25, -0.2) is 9.79 Å². The fourth-order valence-corrected chi connectivity index (χ4v) is 5.04. The van der Waals surface area contributed by atoms with E-state index in [1.165, 1.54) is 11.3 Å². The highest BCUT2D eigenvalue weighted by Crippen LogP contribution is 2.39. The van der Waals surface area contributed by atoms with E-state index in [0.717, 1.165) is 16.0 Å². The highest BCUT2D eigenvalue weighted by Gasteiger charge is 2.33. The number of H-pyrrole nitrogens is 1. The first-order valence-electron chi connectivity index (χ1n) is 11.9. The van der Waals surface area contributed by atoms with Gasteiger partial charge in [-0.2, -0.15) is 0 Å². The molecule has 9 heteroatoms. The second kappa shape index (κ2) is 10.7. The number of fused-ring (bicyclic) bond motifs is 1. The number of benzene rings is 2. The number of aromatic amines is 1. The van der Waals surface area contributed by atoms with E-state index in [1.807, 2.05) is 78.2 Å². The molecule has 3 N–H and O–H groups in total. The molecule has 0 bridgehead atoms. The van der Waals surface area contributed by atoms with Crippen LogP contribution in [0.15, 0.2) is 88.7 Å². The first kappa shape index (κ1) is 24.9. The van der Waals surface area contributed by atoms with Crippen LogP contribution in [0.1, 0.15) is 40.4 Å².